The summed E-state index contributed by atoms with van der Waals surface area (Å²) in [5.74, 6) is -2.24. The molecule has 0 bridgehead atoms. The Morgan fingerprint density at radius 1 is 1.14 bits per heavy atom. The van der Waals surface area contributed by atoms with Crippen LogP contribution in [-0.4, -0.2) is 46.6 Å². The molecule has 1 saturated heterocycles. The molecule has 4 rings (SSSR count). The molecular weight excluding hydrogens is 372 g/mol. The summed E-state index contributed by atoms with van der Waals surface area (Å²) in [6, 6.07) is 5.74. The summed E-state index contributed by atoms with van der Waals surface area (Å²) in [5.41, 5.74) is 2.47. The first-order valence-electron chi connectivity index (χ1n) is 10.1. The molecule has 7 nitrogen and oxygen atoms in total. The minimum Gasteiger partial charge on any atom is -0.456 e. The number of nitrogens with one attached hydrogen (secondary N) is 1. The monoisotopic (exact) mass is 396 g/mol. The van der Waals surface area contributed by atoms with Crippen LogP contribution in [0, 0.1) is 11.8 Å². The van der Waals surface area contributed by atoms with Gasteiger partial charge >= 0.3 is 5.97 Å². The number of imide groups is 1. The van der Waals surface area contributed by atoms with Crippen molar-refractivity contribution in [1.82, 2.24) is 9.88 Å². The maximum absolute atomic E-state index is 12.6. The number of ether oxygens (including phenoxy) is 1. The highest BCUT2D eigenvalue weighted by molar-refractivity contribution is 6.10. The van der Waals surface area contributed by atoms with Crippen molar-refractivity contribution in [2.45, 2.75) is 39.0 Å². The second-order valence-corrected chi connectivity index (χ2v) is 7.74. The highest BCUT2D eigenvalue weighted by Gasteiger charge is 2.48. The second-order valence-electron chi connectivity index (χ2n) is 7.74. The smallest absolute Gasteiger partial charge is 0.326 e. The number of aromatic nitrogens is 1. The van der Waals surface area contributed by atoms with Crippen LogP contribution in [0.25, 0.3) is 10.9 Å². The van der Waals surface area contributed by atoms with Gasteiger partial charge in [-0.15, -0.1) is 0 Å². The summed E-state index contributed by atoms with van der Waals surface area (Å²) < 4.78 is 5.10. The lowest BCUT2D eigenvalue weighted by atomic mass is 9.81. The topological polar surface area (TPSA) is 96.5 Å². The number of rotatable bonds is 6. The maximum Gasteiger partial charge on any atom is 0.326 e. The zero-order chi connectivity index (χ0) is 20.5. The van der Waals surface area contributed by atoms with Crippen LogP contribution in [0.4, 0.5) is 0 Å². The van der Waals surface area contributed by atoms with Crippen molar-refractivity contribution in [3.05, 3.63) is 35.5 Å². The molecule has 1 saturated carbocycles. The van der Waals surface area contributed by atoms with E-state index in [1.54, 1.807) is 6.20 Å². The van der Waals surface area contributed by atoms with E-state index in [2.05, 4.69) is 4.98 Å². The molecule has 2 atom stereocenters. The van der Waals surface area contributed by atoms with Gasteiger partial charge in [-0.1, -0.05) is 38.0 Å². The zero-order valence-corrected chi connectivity index (χ0v) is 16.4. The van der Waals surface area contributed by atoms with Gasteiger partial charge in [0.1, 0.15) is 6.54 Å². The van der Waals surface area contributed by atoms with Crippen LogP contribution >= 0.6 is 0 Å². The first kappa shape index (κ1) is 19.4. The van der Waals surface area contributed by atoms with Crippen molar-refractivity contribution < 1.29 is 23.9 Å². The molecule has 1 aliphatic heterocycles. The number of benzene rings is 1. The Labute approximate surface area is 168 Å². The molecule has 0 radical (unpaired) electrons. The predicted octanol–water partition coefficient (Wildman–Crippen LogP) is 2.63. The number of amides is 2. The van der Waals surface area contributed by atoms with Gasteiger partial charge in [-0.2, -0.15) is 0 Å². The number of nitrogens with zero attached hydrogens (tertiary/aromatic N) is 1. The maximum atomic E-state index is 12.6. The SMILES string of the molecule is CCc1cccc2c(C(=O)COC(=O)CN3C(=O)[C@H]4CCCC[C@@H]4C3=O)c[nH]c12. The Morgan fingerprint density at radius 3 is 2.48 bits per heavy atom. The molecule has 2 fully saturated rings. The summed E-state index contributed by atoms with van der Waals surface area (Å²) in [5, 5.41) is 0.791. The van der Waals surface area contributed by atoms with E-state index < -0.39 is 19.1 Å². The van der Waals surface area contributed by atoms with E-state index >= 15 is 0 Å². The Hall–Kier alpha value is -2.96. The summed E-state index contributed by atoms with van der Waals surface area (Å²) in [4.78, 5) is 53.8. The number of esters is 1. The summed E-state index contributed by atoms with van der Waals surface area (Å²) in [6.07, 6.45) is 5.70. The van der Waals surface area contributed by atoms with Crippen molar-refractivity contribution in [3.8, 4) is 0 Å². The van der Waals surface area contributed by atoms with Gasteiger partial charge in [0.05, 0.1) is 11.8 Å². The van der Waals surface area contributed by atoms with Crippen molar-refractivity contribution in [1.29, 1.82) is 0 Å². The molecule has 2 heterocycles. The fourth-order valence-corrected chi connectivity index (χ4v) is 4.53. The fourth-order valence-electron chi connectivity index (χ4n) is 4.53. The lowest BCUT2D eigenvalue weighted by Crippen LogP contribution is -2.37. The van der Waals surface area contributed by atoms with E-state index in [1.165, 1.54) is 0 Å². The first-order chi connectivity index (χ1) is 14.0. The Balaban J connectivity index is 1.38. The molecule has 152 valence electrons. The fraction of sp³-hybridized carbons (Fsp3) is 0.455. The van der Waals surface area contributed by atoms with Gasteiger partial charge in [0.25, 0.3) is 0 Å². The van der Waals surface area contributed by atoms with Gasteiger partial charge in [0, 0.05) is 22.7 Å². The predicted molar refractivity (Wildman–Crippen MR) is 105 cm³/mol. The number of carbonyl (C=O) groups is 4. The number of para-hydroxylation sites is 1. The Morgan fingerprint density at radius 2 is 1.83 bits per heavy atom. The molecule has 2 aliphatic rings. The van der Waals surface area contributed by atoms with Gasteiger partial charge in [-0.05, 0) is 24.8 Å². The third-order valence-corrected chi connectivity index (χ3v) is 6.07. The number of fused-ring (bicyclic) bond motifs is 2. The van der Waals surface area contributed by atoms with E-state index in [1.807, 2.05) is 25.1 Å². The lowest BCUT2D eigenvalue weighted by Gasteiger charge is -2.19. The molecule has 7 heteroatoms. The van der Waals surface area contributed by atoms with E-state index in [9.17, 15) is 19.2 Å². The average molecular weight is 396 g/mol. The summed E-state index contributed by atoms with van der Waals surface area (Å²) >= 11 is 0. The number of likely N-dealkylation sites (tertiary alicyclic amines) is 1. The molecule has 1 N–H and O–H groups in total. The quantitative estimate of drug-likeness (QED) is 0.460. The largest absolute Gasteiger partial charge is 0.456 e. The second kappa shape index (κ2) is 7.81. The number of aryl methyl sites for hydroxylation is 1. The van der Waals surface area contributed by atoms with Crippen LogP contribution < -0.4 is 0 Å². The molecule has 0 spiro atoms. The minimum absolute atomic E-state index is 0.285. The van der Waals surface area contributed by atoms with Gasteiger partial charge in [0.2, 0.25) is 17.6 Å². The van der Waals surface area contributed by atoms with Gasteiger partial charge in [-0.25, -0.2) is 0 Å². The lowest BCUT2D eigenvalue weighted by molar-refractivity contribution is -0.152. The number of ketones is 1. The van der Waals surface area contributed by atoms with Crippen LogP contribution in [0.1, 0.15) is 48.5 Å². The molecule has 29 heavy (non-hydrogen) atoms. The standard InChI is InChI=1S/C22H24N2O5/c1-2-13-6-5-9-14-17(10-23-20(13)14)18(25)12-29-19(26)11-24-21(27)15-7-3-4-8-16(15)22(24)28/h5-6,9-10,15-16,23H,2-4,7-8,11-12H2,1H3/t15-,16-/m0/s1. The Bertz CT molecular complexity index is 968. The number of H-pyrrole nitrogens is 1. The van der Waals surface area contributed by atoms with Gasteiger partial charge in [0.15, 0.2) is 6.61 Å². The van der Waals surface area contributed by atoms with Gasteiger partial charge in [-0.3, -0.25) is 24.1 Å². The summed E-state index contributed by atoms with van der Waals surface area (Å²) in [7, 11) is 0. The van der Waals surface area contributed by atoms with Crippen molar-refractivity contribution in [3.63, 3.8) is 0 Å². The highest BCUT2D eigenvalue weighted by atomic mass is 16.5. The molecule has 1 aromatic heterocycles. The van der Waals surface area contributed by atoms with E-state index in [-0.39, 0.29) is 29.4 Å². The van der Waals surface area contributed by atoms with Crippen LogP contribution in [0.15, 0.2) is 24.4 Å². The number of Topliss-reactive ketones (excluding diaryl/α,β-unsaturated/α-hetero) is 1. The van der Waals surface area contributed by atoms with Crippen molar-refractivity contribution in [2.24, 2.45) is 11.8 Å². The number of carbonyl (C=O) groups excluding carboxylic acids is 4. The number of aromatic amines is 1. The molecular formula is C22H24N2O5. The van der Waals surface area contributed by atoms with E-state index in [0.29, 0.717) is 18.4 Å². The normalized spacial score (nSPS) is 21.5. The highest BCUT2D eigenvalue weighted by Crippen LogP contribution is 2.37. The summed E-state index contributed by atoms with van der Waals surface area (Å²) in [6.45, 7) is 1.19. The van der Waals surface area contributed by atoms with E-state index in [4.69, 9.17) is 4.74 Å². The van der Waals surface area contributed by atoms with Crippen molar-refractivity contribution >= 4 is 34.5 Å². The molecule has 0 unspecified atom stereocenters. The van der Waals surface area contributed by atoms with Crippen LogP contribution in [0.5, 0.6) is 0 Å². The average Bonchev–Trinajstić information content (AvgIpc) is 3.28. The number of hydrogen-bond acceptors (Lipinski definition) is 5. The van der Waals surface area contributed by atoms with Crippen molar-refractivity contribution in [2.75, 3.05) is 13.2 Å². The van der Waals surface area contributed by atoms with E-state index in [0.717, 1.165) is 40.6 Å². The minimum atomic E-state index is -0.743. The third-order valence-electron chi connectivity index (χ3n) is 6.07. The van der Waals surface area contributed by atoms with Crippen LogP contribution in [-0.2, 0) is 25.5 Å². The number of hydrogen-bond donors (Lipinski definition) is 1. The first-order valence-corrected chi connectivity index (χ1v) is 10.1. The molecule has 2 amide bonds. The molecule has 2 aromatic rings. The van der Waals surface area contributed by atoms with Crippen LogP contribution in [0.3, 0.4) is 0 Å². The molecule has 1 aromatic carbocycles. The zero-order valence-electron chi connectivity index (χ0n) is 16.4. The molecule has 1 aliphatic carbocycles. The van der Waals surface area contributed by atoms with Crippen LogP contribution in [0.2, 0.25) is 0 Å². The Kier molecular flexibility index (Phi) is 5.22. The van der Waals surface area contributed by atoms with Gasteiger partial charge < -0.3 is 9.72 Å². The third kappa shape index (κ3) is 3.45.